The van der Waals surface area contributed by atoms with Gasteiger partial charge in [-0.15, -0.1) is 11.6 Å². The molecule has 3 nitrogen and oxygen atoms in total. The van der Waals surface area contributed by atoms with E-state index in [0.717, 1.165) is 5.39 Å². The van der Waals surface area contributed by atoms with Crippen LogP contribution < -0.4 is 0 Å². The van der Waals surface area contributed by atoms with Crippen LogP contribution in [0.15, 0.2) is 30.3 Å². The number of Topliss-reactive ketones (excluding diaryl/α,β-unsaturated/α-hetero) is 2. The Labute approximate surface area is 103 Å². The number of hydrogen-bond acceptors (Lipinski definition) is 3. The van der Waals surface area contributed by atoms with E-state index in [9.17, 15) is 9.59 Å². The summed E-state index contributed by atoms with van der Waals surface area (Å²) in [4.78, 5) is 27.3. The maximum absolute atomic E-state index is 11.6. The van der Waals surface area contributed by atoms with Crippen LogP contribution in [0.25, 0.3) is 10.9 Å². The molecule has 4 heteroatoms. The van der Waals surface area contributed by atoms with Crippen molar-refractivity contribution in [2.75, 3.05) is 5.88 Å². The van der Waals surface area contributed by atoms with Crippen LogP contribution in [0.3, 0.4) is 0 Å². The van der Waals surface area contributed by atoms with Crippen molar-refractivity contribution in [3.05, 3.63) is 41.6 Å². The Bertz CT molecular complexity index is 607. The van der Waals surface area contributed by atoms with Gasteiger partial charge >= 0.3 is 0 Å². The van der Waals surface area contributed by atoms with E-state index in [1.807, 2.05) is 18.2 Å². The first-order valence-corrected chi connectivity index (χ1v) is 5.67. The highest BCUT2D eigenvalue weighted by Crippen LogP contribution is 2.18. The Kier molecular flexibility index (Phi) is 3.20. The van der Waals surface area contributed by atoms with Crippen LogP contribution in [0, 0.1) is 0 Å². The lowest BCUT2D eigenvalue weighted by Crippen LogP contribution is -2.11. The number of rotatable bonds is 3. The van der Waals surface area contributed by atoms with Crippen molar-refractivity contribution in [2.45, 2.75) is 6.92 Å². The van der Waals surface area contributed by atoms with Crippen LogP contribution in [0.2, 0.25) is 0 Å². The SMILES string of the molecule is CC(=O)c1cc2ccccc2nc1C(=O)CCl. The highest BCUT2D eigenvalue weighted by Gasteiger charge is 2.16. The number of carbonyl (C=O) groups is 2. The molecule has 0 N–H and O–H groups in total. The molecule has 0 unspecified atom stereocenters. The summed E-state index contributed by atoms with van der Waals surface area (Å²) in [6.07, 6.45) is 0. The first kappa shape index (κ1) is 11.7. The highest BCUT2D eigenvalue weighted by molar-refractivity contribution is 6.31. The van der Waals surface area contributed by atoms with Crippen LogP contribution in [-0.4, -0.2) is 22.4 Å². The van der Waals surface area contributed by atoms with Gasteiger partial charge in [-0.3, -0.25) is 9.59 Å². The minimum absolute atomic E-state index is 0.159. The van der Waals surface area contributed by atoms with Gasteiger partial charge < -0.3 is 0 Å². The van der Waals surface area contributed by atoms with Gasteiger partial charge in [0.2, 0.25) is 0 Å². The number of benzene rings is 1. The number of alkyl halides is 1. The van der Waals surface area contributed by atoms with E-state index in [2.05, 4.69) is 4.98 Å². The van der Waals surface area contributed by atoms with Crippen molar-refractivity contribution in [1.29, 1.82) is 0 Å². The molecule has 17 heavy (non-hydrogen) atoms. The van der Waals surface area contributed by atoms with E-state index in [-0.39, 0.29) is 23.1 Å². The van der Waals surface area contributed by atoms with Gasteiger partial charge in [0.15, 0.2) is 11.6 Å². The molecule has 0 fully saturated rings. The number of pyridine rings is 1. The third-order valence-corrected chi connectivity index (χ3v) is 2.73. The molecule has 0 amide bonds. The van der Waals surface area contributed by atoms with E-state index in [0.29, 0.717) is 11.1 Å². The summed E-state index contributed by atoms with van der Waals surface area (Å²) < 4.78 is 0. The standard InChI is InChI=1S/C13H10ClNO2/c1-8(16)10-6-9-4-2-3-5-11(9)15-13(10)12(17)7-14/h2-6H,7H2,1H3. The summed E-state index contributed by atoms with van der Waals surface area (Å²) in [5, 5.41) is 0.837. The fraction of sp³-hybridized carbons (Fsp3) is 0.154. The number of fused-ring (bicyclic) bond motifs is 1. The van der Waals surface area contributed by atoms with Crippen LogP contribution in [-0.2, 0) is 0 Å². The predicted molar refractivity (Wildman–Crippen MR) is 66.8 cm³/mol. The zero-order chi connectivity index (χ0) is 12.4. The Balaban J connectivity index is 2.75. The minimum Gasteiger partial charge on any atom is -0.294 e. The van der Waals surface area contributed by atoms with E-state index >= 15 is 0 Å². The van der Waals surface area contributed by atoms with Crippen LogP contribution >= 0.6 is 11.6 Å². The third kappa shape index (κ3) is 2.19. The highest BCUT2D eigenvalue weighted by atomic mass is 35.5. The number of carbonyl (C=O) groups excluding carboxylic acids is 2. The first-order chi connectivity index (χ1) is 8.13. The van der Waals surface area contributed by atoms with Crippen LogP contribution in [0.1, 0.15) is 27.8 Å². The number of ketones is 2. The molecule has 1 heterocycles. The maximum Gasteiger partial charge on any atom is 0.196 e. The largest absolute Gasteiger partial charge is 0.294 e. The molecule has 86 valence electrons. The van der Waals surface area contributed by atoms with Crippen molar-refractivity contribution in [1.82, 2.24) is 4.98 Å². The quantitative estimate of drug-likeness (QED) is 0.619. The number of halogens is 1. The van der Waals surface area contributed by atoms with E-state index in [4.69, 9.17) is 11.6 Å². The Morgan fingerprint density at radius 3 is 2.65 bits per heavy atom. The van der Waals surface area contributed by atoms with Gasteiger partial charge in [0.1, 0.15) is 5.69 Å². The molecule has 0 aliphatic rings. The second-order valence-corrected chi connectivity index (χ2v) is 3.96. The number of nitrogens with zero attached hydrogens (tertiary/aromatic N) is 1. The summed E-state index contributed by atoms with van der Waals surface area (Å²) in [5.74, 6) is -0.689. The fourth-order valence-electron chi connectivity index (χ4n) is 1.66. The summed E-state index contributed by atoms with van der Waals surface area (Å²) in [6, 6.07) is 9.02. The predicted octanol–water partition coefficient (Wildman–Crippen LogP) is 2.86. The second-order valence-electron chi connectivity index (χ2n) is 3.69. The molecule has 0 bridgehead atoms. The Morgan fingerprint density at radius 1 is 1.29 bits per heavy atom. The second kappa shape index (κ2) is 4.63. The lowest BCUT2D eigenvalue weighted by molar-refractivity contribution is 0.0979. The topological polar surface area (TPSA) is 47.0 Å². The molecule has 1 aromatic carbocycles. The summed E-state index contributed by atoms with van der Waals surface area (Å²) in [5.41, 5.74) is 1.17. The van der Waals surface area contributed by atoms with Crippen molar-refractivity contribution in [3.63, 3.8) is 0 Å². The first-order valence-electron chi connectivity index (χ1n) is 5.13. The Morgan fingerprint density at radius 2 is 2.00 bits per heavy atom. The normalized spacial score (nSPS) is 10.5. The van der Waals surface area contributed by atoms with Gasteiger partial charge in [0, 0.05) is 10.9 Å². The minimum atomic E-state index is -0.331. The van der Waals surface area contributed by atoms with Gasteiger partial charge in [-0.1, -0.05) is 18.2 Å². The number of hydrogen-bond donors (Lipinski definition) is 0. The van der Waals surface area contributed by atoms with E-state index < -0.39 is 0 Å². The van der Waals surface area contributed by atoms with E-state index in [1.165, 1.54) is 6.92 Å². The molecule has 0 spiro atoms. The van der Waals surface area contributed by atoms with Crippen molar-refractivity contribution >= 4 is 34.1 Å². The summed E-state index contributed by atoms with van der Waals surface area (Å²) >= 11 is 5.51. The van der Waals surface area contributed by atoms with Gasteiger partial charge in [-0.2, -0.15) is 0 Å². The van der Waals surface area contributed by atoms with Crippen molar-refractivity contribution in [2.24, 2.45) is 0 Å². The molecule has 0 radical (unpaired) electrons. The fourth-order valence-corrected chi connectivity index (χ4v) is 1.79. The molecule has 0 saturated carbocycles. The number of para-hydroxylation sites is 1. The van der Waals surface area contributed by atoms with Gasteiger partial charge in [-0.25, -0.2) is 4.98 Å². The average molecular weight is 248 g/mol. The third-order valence-electron chi connectivity index (χ3n) is 2.49. The lowest BCUT2D eigenvalue weighted by atomic mass is 10.0. The van der Waals surface area contributed by atoms with Gasteiger partial charge in [0.25, 0.3) is 0 Å². The smallest absolute Gasteiger partial charge is 0.196 e. The molecular formula is C13H10ClNO2. The monoisotopic (exact) mass is 247 g/mol. The lowest BCUT2D eigenvalue weighted by Gasteiger charge is -2.06. The summed E-state index contributed by atoms with van der Waals surface area (Å²) in [7, 11) is 0. The van der Waals surface area contributed by atoms with Gasteiger partial charge in [-0.05, 0) is 19.1 Å². The average Bonchev–Trinajstić information content (AvgIpc) is 2.36. The molecule has 0 aliphatic heterocycles. The van der Waals surface area contributed by atoms with Gasteiger partial charge in [0.05, 0.1) is 11.4 Å². The molecular weight excluding hydrogens is 238 g/mol. The van der Waals surface area contributed by atoms with Crippen molar-refractivity contribution < 1.29 is 9.59 Å². The zero-order valence-electron chi connectivity index (χ0n) is 9.24. The van der Waals surface area contributed by atoms with Crippen molar-refractivity contribution in [3.8, 4) is 0 Å². The molecule has 0 atom stereocenters. The molecule has 2 aromatic rings. The number of aromatic nitrogens is 1. The molecule has 0 saturated heterocycles. The van der Waals surface area contributed by atoms with E-state index in [1.54, 1.807) is 12.1 Å². The Hall–Kier alpha value is -1.74. The van der Waals surface area contributed by atoms with Crippen LogP contribution in [0.4, 0.5) is 0 Å². The molecule has 1 aromatic heterocycles. The maximum atomic E-state index is 11.6. The zero-order valence-corrected chi connectivity index (χ0v) is 9.99. The summed E-state index contributed by atoms with van der Waals surface area (Å²) in [6.45, 7) is 1.41. The molecule has 2 rings (SSSR count). The molecule has 0 aliphatic carbocycles. The van der Waals surface area contributed by atoms with Crippen LogP contribution in [0.5, 0.6) is 0 Å².